The van der Waals surface area contributed by atoms with Gasteiger partial charge in [-0.15, -0.1) is 11.3 Å². The molecule has 0 bridgehead atoms. The van der Waals surface area contributed by atoms with Crippen LogP contribution in [-0.2, 0) is 12.8 Å². The molecule has 0 amide bonds. The van der Waals surface area contributed by atoms with Crippen LogP contribution >= 0.6 is 22.9 Å². The van der Waals surface area contributed by atoms with Gasteiger partial charge >= 0.3 is 0 Å². The molecule has 1 aromatic carbocycles. The SMILES string of the molecule is CCNC(Cc1cccc(Cl)c1)c1ccc(CC)s1. The molecule has 0 fully saturated rings. The van der Waals surface area contributed by atoms with Crippen molar-refractivity contribution in [1.82, 2.24) is 5.32 Å². The Kier molecular flexibility index (Phi) is 5.44. The second kappa shape index (κ2) is 7.09. The van der Waals surface area contributed by atoms with E-state index < -0.39 is 0 Å². The van der Waals surface area contributed by atoms with E-state index in [2.05, 4.69) is 43.4 Å². The molecule has 0 saturated heterocycles. The molecule has 0 spiro atoms. The molecule has 1 unspecified atom stereocenters. The summed E-state index contributed by atoms with van der Waals surface area (Å²) in [6, 6.07) is 13.0. The van der Waals surface area contributed by atoms with Gasteiger partial charge in [-0.05, 0) is 49.2 Å². The van der Waals surface area contributed by atoms with Crippen LogP contribution in [0.15, 0.2) is 36.4 Å². The van der Waals surface area contributed by atoms with Crippen molar-refractivity contribution >= 4 is 22.9 Å². The molecule has 1 aromatic heterocycles. The number of thiophene rings is 1. The van der Waals surface area contributed by atoms with Gasteiger partial charge in [-0.2, -0.15) is 0 Å². The normalized spacial score (nSPS) is 12.6. The summed E-state index contributed by atoms with van der Waals surface area (Å²) in [4.78, 5) is 2.86. The van der Waals surface area contributed by atoms with Gasteiger partial charge < -0.3 is 5.32 Å². The van der Waals surface area contributed by atoms with E-state index in [1.54, 1.807) is 0 Å². The highest BCUT2D eigenvalue weighted by Crippen LogP contribution is 2.27. The quantitative estimate of drug-likeness (QED) is 0.802. The molecule has 0 aliphatic carbocycles. The maximum atomic E-state index is 6.06. The zero-order valence-corrected chi connectivity index (χ0v) is 13.0. The highest BCUT2D eigenvalue weighted by Gasteiger charge is 2.13. The first-order chi connectivity index (χ1) is 9.22. The number of nitrogens with one attached hydrogen (secondary N) is 1. The van der Waals surface area contributed by atoms with Crippen molar-refractivity contribution in [3.8, 4) is 0 Å². The molecule has 19 heavy (non-hydrogen) atoms. The summed E-state index contributed by atoms with van der Waals surface area (Å²) >= 11 is 7.97. The lowest BCUT2D eigenvalue weighted by Crippen LogP contribution is -2.22. The summed E-state index contributed by atoms with van der Waals surface area (Å²) in [5.41, 5.74) is 1.28. The van der Waals surface area contributed by atoms with Gasteiger partial charge in [0.2, 0.25) is 0 Å². The summed E-state index contributed by atoms with van der Waals surface area (Å²) < 4.78 is 0. The van der Waals surface area contributed by atoms with E-state index >= 15 is 0 Å². The molecule has 0 aliphatic rings. The van der Waals surface area contributed by atoms with Crippen LogP contribution in [-0.4, -0.2) is 6.54 Å². The fourth-order valence-corrected chi connectivity index (χ4v) is 3.43. The smallest absolute Gasteiger partial charge is 0.0455 e. The largest absolute Gasteiger partial charge is 0.309 e. The predicted octanol–water partition coefficient (Wildman–Crippen LogP) is 4.86. The molecule has 0 aliphatic heterocycles. The van der Waals surface area contributed by atoms with Crippen LogP contribution in [0.4, 0.5) is 0 Å². The Hall–Kier alpha value is -0.830. The summed E-state index contributed by atoms with van der Waals surface area (Å²) in [7, 11) is 0. The van der Waals surface area contributed by atoms with E-state index in [4.69, 9.17) is 11.6 Å². The van der Waals surface area contributed by atoms with Crippen LogP contribution < -0.4 is 5.32 Å². The van der Waals surface area contributed by atoms with E-state index in [1.165, 1.54) is 15.3 Å². The fraction of sp³-hybridized carbons (Fsp3) is 0.375. The third-order valence-electron chi connectivity index (χ3n) is 3.15. The number of likely N-dealkylation sites (N-methyl/N-ethyl adjacent to an activating group) is 1. The number of rotatable bonds is 6. The van der Waals surface area contributed by atoms with Crippen LogP contribution in [0, 0.1) is 0 Å². The van der Waals surface area contributed by atoms with E-state index in [1.807, 2.05) is 23.5 Å². The highest BCUT2D eigenvalue weighted by atomic mass is 35.5. The highest BCUT2D eigenvalue weighted by molar-refractivity contribution is 7.12. The second-order valence-electron chi connectivity index (χ2n) is 4.60. The molecule has 1 nitrogen and oxygen atoms in total. The van der Waals surface area contributed by atoms with Crippen molar-refractivity contribution < 1.29 is 0 Å². The Morgan fingerprint density at radius 3 is 2.68 bits per heavy atom. The lowest BCUT2D eigenvalue weighted by atomic mass is 10.0. The van der Waals surface area contributed by atoms with E-state index in [-0.39, 0.29) is 0 Å². The number of hydrogen-bond donors (Lipinski definition) is 1. The van der Waals surface area contributed by atoms with Crippen molar-refractivity contribution in [3.05, 3.63) is 56.7 Å². The Morgan fingerprint density at radius 1 is 1.21 bits per heavy atom. The van der Waals surface area contributed by atoms with Gasteiger partial charge in [0.1, 0.15) is 0 Å². The summed E-state index contributed by atoms with van der Waals surface area (Å²) in [5, 5.41) is 4.38. The maximum Gasteiger partial charge on any atom is 0.0455 e. The van der Waals surface area contributed by atoms with Gasteiger partial charge in [-0.25, -0.2) is 0 Å². The van der Waals surface area contributed by atoms with Crippen molar-refractivity contribution in [2.45, 2.75) is 32.7 Å². The fourth-order valence-electron chi connectivity index (χ4n) is 2.19. The second-order valence-corrected chi connectivity index (χ2v) is 6.24. The molecule has 3 heteroatoms. The van der Waals surface area contributed by atoms with Gasteiger partial charge in [0.15, 0.2) is 0 Å². The van der Waals surface area contributed by atoms with Crippen molar-refractivity contribution in [3.63, 3.8) is 0 Å². The number of hydrogen-bond acceptors (Lipinski definition) is 2. The Labute approximate surface area is 124 Å². The Balaban J connectivity index is 2.15. The first-order valence-corrected chi connectivity index (χ1v) is 7.98. The van der Waals surface area contributed by atoms with Crippen LogP contribution in [0.3, 0.4) is 0 Å². The molecule has 0 saturated carbocycles. The van der Waals surface area contributed by atoms with Crippen molar-refractivity contribution in [2.24, 2.45) is 0 Å². The lowest BCUT2D eigenvalue weighted by Gasteiger charge is -2.16. The van der Waals surface area contributed by atoms with Gasteiger partial charge in [0.25, 0.3) is 0 Å². The predicted molar refractivity (Wildman–Crippen MR) is 85.3 cm³/mol. The molecule has 1 N–H and O–H groups in total. The first kappa shape index (κ1) is 14.6. The summed E-state index contributed by atoms with van der Waals surface area (Å²) in [5.74, 6) is 0. The topological polar surface area (TPSA) is 12.0 Å². The monoisotopic (exact) mass is 293 g/mol. The zero-order chi connectivity index (χ0) is 13.7. The molecular formula is C16H20ClNS. The number of benzene rings is 1. The molecule has 2 rings (SSSR count). The first-order valence-electron chi connectivity index (χ1n) is 6.79. The minimum absolute atomic E-state index is 0.383. The molecule has 0 radical (unpaired) electrons. The van der Waals surface area contributed by atoms with E-state index in [9.17, 15) is 0 Å². The van der Waals surface area contributed by atoms with Crippen molar-refractivity contribution in [1.29, 1.82) is 0 Å². The van der Waals surface area contributed by atoms with Crippen LogP contribution in [0.2, 0.25) is 5.02 Å². The van der Waals surface area contributed by atoms with Crippen LogP contribution in [0.25, 0.3) is 0 Å². The van der Waals surface area contributed by atoms with Gasteiger partial charge in [-0.1, -0.05) is 37.6 Å². The zero-order valence-electron chi connectivity index (χ0n) is 11.4. The summed E-state index contributed by atoms with van der Waals surface area (Å²) in [6.45, 7) is 5.33. The third-order valence-corrected chi connectivity index (χ3v) is 4.73. The molecule has 2 aromatic rings. The number of halogens is 1. The molecule has 102 valence electrons. The average Bonchev–Trinajstić information content (AvgIpc) is 2.87. The van der Waals surface area contributed by atoms with Gasteiger partial charge in [-0.3, -0.25) is 0 Å². The molecule has 1 heterocycles. The average molecular weight is 294 g/mol. The van der Waals surface area contributed by atoms with Crippen LogP contribution in [0.5, 0.6) is 0 Å². The van der Waals surface area contributed by atoms with Crippen LogP contribution in [0.1, 0.15) is 35.2 Å². The number of aryl methyl sites for hydroxylation is 1. The maximum absolute atomic E-state index is 6.06. The van der Waals surface area contributed by atoms with Gasteiger partial charge in [0.05, 0.1) is 0 Å². The molecular weight excluding hydrogens is 274 g/mol. The Bertz CT molecular complexity index is 521. The van der Waals surface area contributed by atoms with E-state index in [0.717, 1.165) is 24.4 Å². The minimum atomic E-state index is 0.383. The third kappa shape index (κ3) is 4.07. The van der Waals surface area contributed by atoms with E-state index in [0.29, 0.717) is 6.04 Å². The Morgan fingerprint density at radius 2 is 2.05 bits per heavy atom. The standard InChI is InChI=1S/C16H20ClNS/c1-3-14-8-9-16(19-14)15(18-4-2)11-12-6-5-7-13(17)10-12/h5-10,15,18H,3-4,11H2,1-2H3. The van der Waals surface area contributed by atoms with Crippen molar-refractivity contribution in [2.75, 3.05) is 6.54 Å². The molecule has 1 atom stereocenters. The van der Waals surface area contributed by atoms with Gasteiger partial charge in [0, 0.05) is 20.8 Å². The summed E-state index contributed by atoms with van der Waals surface area (Å²) in [6.07, 6.45) is 2.10. The lowest BCUT2D eigenvalue weighted by molar-refractivity contribution is 0.558. The minimum Gasteiger partial charge on any atom is -0.309 e.